The van der Waals surface area contributed by atoms with Crippen molar-refractivity contribution in [2.75, 3.05) is 19.8 Å². The van der Waals surface area contributed by atoms with Crippen LogP contribution in [0.15, 0.2) is 60.0 Å². The van der Waals surface area contributed by atoms with Gasteiger partial charge in [-0.2, -0.15) is 0 Å². The van der Waals surface area contributed by atoms with Crippen LogP contribution in [0.3, 0.4) is 0 Å². The molecule has 4 nitrogen and oxygen atoms in total. The lowest BCUT2D eigenvalue weighted by Crippen LogP contribution is -2.27. The summed E-state index contributed by atoms with van der Waals surface area (Å²) in [5.74, 6) is 2.00. The van der Waals surface area contributed by atoms with Gasteiger partial charge in [0.05, 0.1) is 18.1 Å². The fourth-order valence-corrected chi connectivity index (χ4v) is 4.59. The van der Waals surface area contributed by atoms with Crippen LogP contribution in [-0.2, 0) is 4.79 Å². The maximum Gasteiger partial charge on any atom is 0.266 e. The smallest absolute Gasteiger partial charge is 0.266 e. The van der Waals surface area contributed by atoms with E-state index >= 15 is 0 Å². The average Bonchev–Trinajstić information content (AvgIpc) is 3.02. The molecule has 1 aliphatic rings. The quantitative estimate of drug-likeness (QED) is 0.176. The summed E-state index contributed by atoms with van der Waals surface area (Å²) in [7, 11) is 0. The maximum atomic E-state index is 12.6. The highest BCUT2D eigenvalue weighted by Gasteiger charge is 2.31. The number of para-hydroxylation sites is 1. The van der Waals surface area contributed by atoms with Crippen molar-refractivity contribution in [3.05, 3.63) is 76.7 Å². The number of amides is 1. The van der Waals surface area contributed by atoms with E-state index in [0.717, 1.165) is 23.5 Å². The van der Waals surface area contributed by atoms with Gasteiger partial charge in [0.25, 0.3) is 5.91 Å². The van der Waals surface area contributed by atoms with Crippen LogP contribution in [0.2, 0.25) is 0 Å². The van der Waals surface area contributed by atoms with Crippen molar-refractivity contribution in [3.63, 3.8) is 0 Å². The molecule has 2 aromatic rings. The van der Waals surface area contributed by atoms with Gasteiger partial charge < -0.3 is 9.47 Å². The molecule has 1 amide bonds. The number of carbonyl (C=O) groups excluding carboxylic acids is 1. The summed E-state index contributed by atoms with van der Waals surface area (Å²) in [5.41, 5.74) is 3.26. The topological polar surface area (TPSA) is 38.8 Å². The van der Waals surface area contributed by atoms with Gasteiger partial charge in [-0.15, -0.1) is 6.58 Å². The lowest BCUT2D eigenvalue weighted by molar-refractivity contribution is -0.121. The number of benzene rings is 2. The molecule has 32 heavy (non-hydrogen) atoms. The molecule has 0 aromatic heterocycles. The number of rotatable bonds is 10. The molecule has 1 fully saturated rings. The van der Waals surface area contributed by atoms with E-state index < -0.39 is 0 Å². The monoisotopic (exact) mass is 467 g/mol. The zero-order valence-electron chi connectivity index (χ0n) is 18.8. The van der Waals surface area contributed by atoms with E-state index in [1.165, 1.54) is 22.9 Å². The molecule has 168 valence electrons. The molecule has 0 bridgehead atoms. The number of carbonyl (C=O) groups is 1. The number of hydrogen-bond donors (Lipinski definition) is 0. The van der Waals surface area contributed by atoms with Gasteiger partial charge in [0, 0.05) is 18.5 Å². The Morgan fingerprint density at radius 2 is 1.84 bits per heavy atom. The second kappa shape index (κ2) is 11.3. The largest absolute Gasteiger partial charge is 0.493 e. The SMILES string of the molecule is C=CCN1C(=O)C(=Cc2ccccc2OCCCOc2cc(C)ccc2C(C)C)SC1=S. The van der Waals surface area contributed by atoms with Crippen LogP contribution in [0.4, 0.5) is 0 Å². The van der Waals surface area contributed by atoms with Gasteiger partial charge in [0.15, 0.2) is 0 Å². The van der Waals surface area contributed by atoms with Crippen LogP contribution in [0.1, 0.15) is 42.9 Å². The first kappa shape index (κ1) is 24.1. The van der Waals surface area contributed by atoms with Crippen molar-refractivity contribution in [2.24, 2.45) is 0 Å². The third-order valence-corrected chi connectivity index (χ3v) is 6.36. The fraction of sp³-hybridized carbons (Fsp3) is 0.308. The summed E-state index contributed by atoms with van der Waals surface area (Å²) in [6.45, 7) is 11.6. The summed E-state index contributed by atoms with van der Waals surface area (Å²) < 4.78 is 12.6. The second-order valence-electron chi connectivity index (χ2n) is 7.87. The lowest BCUT2D eigenvalue weighted by Gasteiger charge is -2.15. The average molecular weight is 468 g/mol. The molecule has 1 saturated heterocycles. The second-order valence-corrected chi connectivity index (χ2v) is 9.54. The molecule has 1 heterocycles. The Morgan fingerprint density at radius 1 is 1.12 bits per heavy atom. The molecule has 0 atom stereocenters. The van der Waals surface area contributed by atoms with Gasteiger partial charge in [0.1, 0.15) is 15.8 Å². The predicted molar refractivity (Wildman–Crippen MR) is 137 cm³/mol. The van der Waals surface area contributed by atoms with Crippen molar-refractivity contribution in [3.8, 4) is 11.5 Å². The Kier molecular flexibility index (Phi) is 8.53. The Morgan fingerprint density at radius 3 is 2.56 bits per heavy atom. The third-order valence-electron chi connectivity index (χ3n) is 4.99. The van der Waals surface area contributed by atoms with Gasteiger partial charge >= 0.3 is 0 Å². The summed E-state index contributed by atoms with van der Waals surface area (Å²) in [6.07, 6.45) is 4.27. The van der Waals surface area contributed by atoms with Crippen LogP contribution < -0.4 is 9.47 Å². The molecule has 0 N–H and O–H groups in total. The molecule has 3 rings (SSSR count). The van der Waals surface area contributed by atoms with Crippen molar-refractivity contribution in [1.29, 1.82) is 0 Å². The van der Waals surface area contributed by atoms with Gasteiger partial charge in [-0.3, -0.25) is 9.69 Å². The Labute approximate surface area is 200 Å². The van der Waals surface area contributed by atoms with Gasteiger partial charge in [-0.1, -0.05) is 74.2 Å². The molecule has 0 radical (unpaired) electrons. The molecular weight excluding hydrogens is 438 g/mol. The maximum absolute atomic E-state index is 12.6. The van der Waals surface area contributed by atoms with E-state index in [-0.39, 0.29) is 5.91 Å². The van der Waals surface area contributed by atoms with E-state index in [9.17, 15) is 4.79 Å². The Bertz CT molecular complexity index is 1030. The number of thioether (sulfide) groups is 1. The zero-order chi connectivity index (χ0) is 23.1. The first-order valence-electron chi connectivity index (χ1n) is 10.7. The number of aryl methyl sites for hydroxylation is 1. The van der Waals surface area contributed by atoms with Gasteiger partial charge in [-0.05, 0) is 42.2 Å². The summed E-state index contributed by atoms with van der Waals surface area (Å²) in [5, 5.41) is 0. The highest BCUT2D eigenvalue weighted by atomic mass is 32.2. The van der Waals surface area contributed by atoms with E-state index in [1.54, 1.807) is 11.0 Å². The van der Waals surface area contributed by atoms with E-state index in [2.05, 4.69) is 45.5 Å². The zero-order valence-corrected chi connectivity index (χ0v) is 20.4. The van der Waals surface area contributed by atoms with Crippen LogP contribution in [0.25, 0.3) is 6.08 Å². The van der Waals surface area contributed by atoms with Crippen LogP contribution in [0, 0.1) is 6.92 Å². The number of hydrogen-bond acceptors (Lipinski definition) is 5. The van der Waals surface area contributed by atoms with Gasteiger partial charge in [0.2, 0.25) is 0 Å². The first-order valence-corrected chi connectivity index (χ1v) is 11.9. The summed E-state index contributed by atoms with van der Waals surface area (Å²) >= 11 is 6.62. The molecular formula is C26H29NO3S2. The standard InChI is InChI=1S/C26H29NO3S2/c1-5-13-27-25(28)24(32-26(27)31)17-20-9-6-7-10-22(20)29-14-8-15-30-23-16-19(4)11-12-21(23)18(2)3/h5-7,9-12,16-18H,1,8,13-15H2,2-4H3. The molecule has 0 saturated carbocycles. The van der Waals surface area contributed by atoms with E-state index in [4.69, 9.17) is 21.7 Å². The Balaban J connectivity index is 1.59. The fourth-order valence-electron chi connectivity index (χ4n) is 3.33. The minimum atomic E-state index is -0.0952. The van der Waals surface area contributed by atoms with Crippen LogP contribution in [0.5, 0.6) is 11.5 Å². The molecule has 6 heteroatoms. The lowest BCUT2D eigenvalue weighted by atomic mass is 10.0. The van der Waals surface area contributed by atoms with Crippen LogP contribution in [-0.4, -0.2) is 34.9 Å². The summed E-state index contributed by atoms with van der Waals surface area (Å²) in [4.78, 5) is 14.7. The Hall–Kier alpha value is -2.57. The predicted octanol–water partition coefficient (Wildman–Crippen LogP) is 6.35. The van der Waals surface area contributed by atoms with Crippen molar-refractivity contribution in [1.82, 2.24) is 4.90 Å². The van der Waals surface area contributed by atoms with Gasteiger partial charge in [-0.25, -0.2) is 0 Å². The molecule has 0 aliphatic carbocycles. The minimum absolute atomic E-state index is 0.0952. The number of nitrogens with zero attached hydrogens (tertiary/aromatic N) is 1. The molecule has 1 aliphatic heterocycles. The van der Waals surface area contributed by atoms with Crippen molar-refractivity contribution >= 4 is 40.3 Å². The van der Waals surface area contributed by atoms with Crippen molar-refractivity contribution in [2.45, 2.75) is 33.1 Å². The molecule has 0 spiro atoms. The minimum Gasteiger partial charge on any atom is -0.493 e. The van der Waals surface area contributed by atoms with Crippen molar-refractivity contribution < 1.29 is 14.3 Å². The first-order chi connectivity index (χ1) is 15.4. The highest BCUT2D eigenvalue weighted by molar-refractivity contribution is 8.26. The van der Waals surface area contributed by atoms with E-state index in [0.29, 0.717) is 34.9 Å². The number of thiocarbonyl (C=S) groups is 1. The summed E-state index contributed by atoms with van der Waals surface area (Å²) in [6, 6.07) is 14.1. The molecule has 0 unspecified atom stereocenters. The van der Waals surface area contributed by atoms with E-state index in [1.807, 2.05) is 30.3 Å². The normalized spacial score (nSPS) is 15.0. The number of ether oxygens (including phenoxy) is 2. The highest BCUT2D eigenvalue weighted by Crippen LogP contribution is 2.34. The molecule has 2 aromatic carbocycles. The van der Waals surface area contributed by atoms with Crippen LogP contribution >= 0.6 is 24.0 Å². The third kappa shape index (κ3) is 6.02.